The molecule has 0 aliphatic rings. The Morgan fingerprint density at radius 3 is 2.37 bits per heavy atom. The van der Waals surface area contributed by atoms with Crippen molar-refractivity contribution in [2.24, 2.45) is 5.73 Å². The second kappa shape index (κ2) is 5.28. The Morgan fingerprint density at radius 2 is 1.89 bits per heavy atom. The Balaban J connectivity index is 3.33. The molecule has 0 heterocycles. The van der Waals surface area contributed by atoms with E-state index in [-0.39, 0.29) is 0 Å². The summed E-state index contributed by atoms with van der Waals surface area (Å²) >= 11 is 0. The summed E-state index contributed by atoms with van der Waals surface area (Å²) in [4.78, 5) is 20.0. The van der Waals surface area contributed by atoms with E-state index in [4.69, 9.17) is 10.8 Å². The fraction of sp³-hybridized carbons (Fsp3) is 0.111. The van der Waals surface area contributed by atoms with Crippen molar-refractivity contribution in [1.82, 2.24) is 4.72 Å². The lowest BCUT2D eigenvalue weighted by Crippen LogP contribution is -2.34. The molecule has 1 rings (SSSR count). The maximum Gasteiger partial charge on any atom is 0.341 e. The Bertz CT molecular complexity index is 644. The minimum absolute atomic E-state index is 0.491. The topological polar surface area (TPSA) is 127 Å². The summed E-state index contributed by atoms with van der Waals surface area (Å²) in [5.41, 5.74) is 3.30. The van der Waals surface area contributed by atoms with Gasteiger partial charge in [-0.1, -0.05) is 0 Å². The summed E-state index contributed by atoms with van der Waals surface area (Å²) in [6.45, 7) is -0.804. The molecule has 7 nitrogen and oxygen atoms in total. The zero-order chi connectivity index (χ0) is 14.8. The van der Waals surface area contributed by atoms with Gasteiger partial charge < -0.3 is 10.8 Å². The SMILES string of the molecule is NC(=O)CNS(=O)(=O)c1ccc(F)c(C(=O)O)c1F. The standard InChI is InChI=1S/C9H8F2N2O5S/c10-4-1-2-5(8(11)7(4)9(15)16)19(17,18)13-3-6(12)14/h1-2,13H,3H2,(H2,12,14)(H,15,16). The fourth-order valence-corrected chi connectivity index (χ4v) is 2.25. The number of benzene rings is 1. The molecule has 0 bridgehead atoms. The number of rotatable bonds is 5. The molecule has 0 atom stereocenters. The fourth-order valence-electron chi connectivity index (χ4n) is 1.18. The second-order valence-electron chi connectivity index (χ2n) is 3.33. The van der Waals surface area contributed by atoms with Gasteiger partial charge in [0.1, 0.15) is 16.3 Å². The number of amides is 1. The van der Waals surface area contributed by atoms with Crippen LogP contribution in [0.15, 0.2) is 17.0 Å². The van der Waals surface area contributed by atoms with Crippen molar-refractivity contribution in [2.75, 3.05) is 6.54 Å². The number of hydrogen-bond acceptors (Lipinski definition) is 4. The number of nitrogens with one attached hydrogen (secondary N) is 1. The zero-order valence-corrected chi connectivity index (χ0v) is 10.0. The molecule has 104 valence electrons. The highest BCUT2D eigenvalue weighted by Gasteiger charge is 2.26. The molecule has 0 saturated heterocycles. The number of halogens is 2. The Labute approximate surface area is 106 Å². The second-order valence-corrected chi connectivity index (χ2v) is 5.07. The molecule has 1 aromatic rings. The number of sulfonamides is 1. The van der Waals surface area contributed by atoms with Crippen LogP contribution in [0, 0.1) is 11.6 Å². The molecular formula is C9H8F2N2O5S. The third-order valence-corrected chi connectivity index (χ3v) is 3.41. The molecule has 10 heteroatoms. The molecule has 0 unspecified atom stereocenters. The van der Waals surface area contributed by atoms with Crippen LogP contribution >= 0.6 is 0 Å². The van der Waals surface area contributed by atoms with Crippen LogP contribution in [0.2, 0.25) is 0 Å². The van der Waals surface area contributed by atoms with E-state index in [2.05, 4.69) is 0 Å². The van der Waals surface area contributed by atoms with Crippen LogP contribution < -0.4 is 10.5 Å². The van der Waals surface area contributed by atoms with E-state index in [0.717, 1.165) is 0 Å². The maximum absolute atomic E-state index is 13.6. The van der Waals surface area contributed by atoms with E-state index < -0.39 is 50.5 Å². The van der Waals surface area contributed by atoms with Crippen LogP contribution in [0.5, 0.6) is 0 Å². The first-order valence-electron chi connectivity index (χ1n) is 4.66. The van der Waals surface area contributed by atoms with Crippen LogP contribution in [-0.4, -0.2) is 31.9 Å². The van der Waals surface area contributed by atoms with E-state index in [9.17, 15) is 26.8 Å². The number of carbonyl (C=O) groups excluding carboxylic acids is 1. The molecule has 0 aliphatic heterocycles. The molecular weight excluding hydrogens is 286 g/mol. The highest BCUT2D eigenvalue weighted by Crippen LogP contribution is 2.20. The smallest absolute Gasteiger partial charge is 0.341 e. The highest BCUT2D eigenvalue weighted by molar-refractivity contribution is 7.89. The third-order valence-electron chi connectivity index (χ3n) is 2.00. The largest absolute Gasteiger partial charge is 0.477 e. The first-order valence-corrected chi connectivity index (χ1v) is 6.14. The summed E-state index contributed by atoms with van der Waals surface area (Å²) in [6, 6.07) is 1.03. The van der Waals surface area contributed by atoms with Crippen molar-refractivity contribution >= 4 is 21.9 Å². The van der Waals surface area contributed by atoms with Gasteiger partial charge in [0, 0.05) is 0 Å². The number of aromatic carboxylic acids is 1. The van der Waals surface area contributed by atoms with Gasteiger partial charge in [0.15, 0.2) is 5.82 Å². The molecule has 0 fully saturated rings. The number of carbonyl (C=O) groups is 2. The van der Waals surface area contributed by atoms with Gasteiger partial charge in [0.25, 0.3) is 0 Å². The first-order chi connectivity index (χ1) is 8.66. The summed E-state index contributed by atoms with van der Waals surface area (Å²) in [5, 5.41) is 8.59. The zero-order valence-electron chi connectivity index (χ0n) is 9.18. The predicted octanol–water partition coefficient (Wildman–Crippen LogP) is -0.573. The number of carboxylic acids is 1. The number of nitrogens with two attached hydrogens (primary N) is 1. The molecule has 0 aliphatic carbocycles. The lowest BCUT2D eigenvalue weighted by molar-refractivity contribution is -0.116. The van der Waals surface area contributed by atoms with Gasteiger partial charge in [-0.15, -0.1) is 0 Å². The van der Waals surface area contributed by atoms with Gasteiger partial charge in [-0.25, -0.2) is 26.7 Å². The van der Waals surface area contributed by atoms with E-state index in [1.54, 1.807) is 4.72 Å². The molecule has 1 aromatic carbocycles. The minimum atomic E-state index is -4.51. The molecule has 0 saturated carbocycles. The van der Waals surface area contributed by atoms with E-state index in [1.165, 1.54) is 0 Å². The van der Waals surface area contributed by atoms with Gasteiger partial charge >= 0.3 is 5.97 Å². The van der Waals surface area contributed by atoms with Gasteiger partial charge in [0.2, 0.25) is 15.9 Å². The van der Waals surface area contributed by atoms with Gasteiger partial charge in [-0.05, 0) is 12.1 Å². The summed E-state index contributed by atoms with van der Waals surface area (Å²) in [6.07, 6.45) is 0. The van der Waals surface area contributed by atoms with Crippen LogP contribution in [0.3, 0.4) is 0 Å². The summed E-state index contributed by atoms with van der Waals surface area (Å²) in [7, 11) is -4.51. The number of carboxylic acid groups (broad SMARTS) is 1. The molecule has 4 N–H and O–H groups in total. The first kappa shape index (κ1) is 15.0. The van der Waals surface area contributed by atoms with Crippen molar-refractivity contribution in [3.63, 3.8) is 0 Å². The van der Waals surface area contributed by atoms with E-state index in [0.29, 0.717) is 12.1 Å². The monoisotopic (exact) mass is 294 g/mol. The lowest BCUT2D eigenvalue weighted by Gasteiger charge is -2.08. The van der Waals surface area contributed by atoms with E-state index >= 15 is 0 Å². The van der Waals surface area contributed by atoms with Crippen LogP contribution in [0.4, 0.5) is 8.78 Å². The molecule has 1 amide bonds. The van der Waals surface area contributed by atoms with Crippen molar-refractivity contribution < 1.29 is 31.9 Å². The number of hydrogen-bond donors (Lipinski definition) is 3. The molecule has 19 heavy (non-hydrogen) atoms. The molecule has 0 spiro atoms. The maximum atomic E-state index is 13.6. The van der Waals surface area contributed by atoms with Crippen LogP contribution in [0.1, 0.15) is 10.4 Å². The Morgan fingerprint density at radius 1 is 1.32 bits per heavy atom. The normalized spacial score (nSPS) is 11.3. The van der Waals surface area contributed by atoms with Crippen LogP contribution in [-0.2, 0) is 14.8 Å². The Hall–Kier alpha value is -2.07. The minimum Gasteiger partial charge on any atom is -0.477 e. The van der Waals surface area contributed by atoms with Crippen molar-refractivity contribution in [2.45, 2.75) is 4.90 Å². The number of primary amides is 1. The molecule has 0 radical (unpaired) electrons. The van der Waals surface area contributed by atoms with Gasteiger partial charge in [-0.3, -0.25) is 4.79 Å². The quantitative estimate of drug-likeness (QED) is 0.670. The third kappa shape index (κ3) is 3.23. The Kier molecular flexibility index (Phi) is 4.17. The average Bonchev–Trinajstić information content (AvgIpc) is 2.25. The summed E-state index contributed by atoms with van der Waals surface area (Å²) < 4.78 is 51.5. The van der Waals surface area contributed by atoms with Crippen molar-refractivity contribution in [3.05, 3.63) is 29.3 Å². The average molecular weight is 294 g/mol. The lowest BCUT2D eigenvalue weighted by atomic mass is 10.2. The summed E-state index contributed by atoms with van der Waals surface area (Å²) in [5.74, 6) is -6.16. The van der Waals surface area contributed by atoms with Crippen molar-refractivity contribution in [3.8, 4) is 0 Å². The van der Waals surface area contributed by atoms with Crippen molar-refractivity contribution in [1.29, 1.82) is 0 Å². The predicted molar refractivity (Wildman–Crippen MR) is 57.7 cm³/mol. The van der Waals surface area contributed by atoms with Crippen LogP contribution in [0.25, 0.3) is 0 Å². The molecule has 0 aromatic heterocycles. The van der Waals surface area contributed by atoms with E-state index in [1.807, 2.05) is 0 Å². The van der Waals surface area contributed by atoms with Gasteiger partial charge in [-0.2, -0.15) is 0 Å². The van der Waals surface area contributed by atoms with Gasteiger partial charge in [0.05, 0.1) is 6.54 Å². The highest BCUT2D eigenvalue weighted by atomic mass is 32.2.